The van der Waals surface area contributed by atoms with Crippen LogP contribution in [0.25, 0.3) is 0 Å². The van der Waals surface area contributed by atoms with E-state index >= 15 is 0 Å². The van der Waals surface area contributed by atoms with E-state index in [2.05, 4.69) is 8.50 Å². The van der Waals surface area contributed by atoms with E-state index in [1.165, 1.54) is 24.3 Å². The zero-order valence-corrected chi connectivity index (χ0v) is 13.9. The second-order valence-corrected chi connectivity index (χ2v) is 8.72. The normalized spacial score (nSPS) is 14.7. The Morgan fingerprint density at radius 2 is 1.46 bits per heavy atom. The van der Waals surface area contributed by atoms with Crippen molar-refractivity contribution >= 4 is 19.8 Å². The van der Waals surface area contributed by atoms with Crippen molar-refractivity contribution in [2.45, 2.75) is 16.2 Å². The zero-order valence-electron chi connectivity index (χ0n) is 12.2. The van der Waals surface area contributed by atoms with Crippen LogP contribution in [0.3, 0.4) is 0 Å². The molecular weight excluding hydrogens is 367 g/mol. The van der Waals surface area contributed by atoms with Gasteiger partial charge < -0.3 is 4.74 Å². The average Bonchev–Trinajstić information content (AvgIpc) is 2.46. The van der Waals surface area contributed by atoms with Gasteiger partial charge >= 0.3 is 6.36 Å². The zero-order chi connectivity index (χ0) is 18.0. The standard InChI is InChI=1S/C14H12F3NO4S2/c1-23(19,11-7-3-2-4-8-11)18-24(20,21)13-10-6-5-9-12(13)22-14(15,16)17/h2-10H,1H3. The number of ether oxygens (including phenoxy) is 1. The molecule has 0 heterocycles. The van der Waals surface area contributed by atoms with Crippen molar-refractivity contribution in [3.05, 3.63) is 54.6 Å². The predicted octanol–water partition coefficient (Wildman–Crippen LogP) is 3.43. The van der Waals surface area contributed by atoms with Crippen LogP contribution in [-0.2, 0) is 19.8 Å². The highest BCUT2D eigenvalue weighted by Crippen LogP contribution is 2.31. The van der Waals surface area contributed by atoms with E-state index in [1.54, 1.807) is 18.2 Å². The van der Waals surface area contributed by atoms with E-state index in [0.29, 0.717) is 0 Å². The smallest absolute Gasteiger partial charge is 0.404 e. The topological polar surface area (TPSA) is 72.8 Å². The molecule has 0 saturated carbocycles. The number of hydrogen-bond donors (Lipinski definition) is 0. The molecule has 130 valence electrons. The van der Waals surface area contributed by atoms with E-state index in [0.717, 1.165) is 18.4 Å². The van der Waals surface area contributed by atoms with E-state index in [-0.39, 0.29) is 4.90 Å². The fourth-order valence-corrected chi connectivity index (χ4v) is 5.26. The molecule has 0 aliphatic heterocycles. The van der Waals surface area contributed by atoms with Crippen molar-refractivity contribution in [1.82, 2.24) is 0 Å². The molecule has 2 aromatic rings. The van der Waals surface area contributed by atoms with Crippen LogP contribution < -0.4 is 4.74 Å². The van der Waals surface area contributed by atoms with E-state index in [9.17, 15) is 25.8 Å². The maximum Gasteiger partial charge on any atom is 0.573 e. The van der Waals surface area contributed by atoms with Gasteiger partial charge in [0.05, 0.1) is 9.73 Å². The van der Waals surface area contributed by atoms with Crippen LogP contribution in [0.4, 0.5) is 13.2 Å². The summed E-state index contributed by atoms with van der Waals surface area (Å²) in [4.78, 5) is -0.671. The number of nitrogens with zero attached hydrogens (tertiary/aromatic N) is 1. The third kappa shape index (κ3) is 4.48. The Labute approximate surface area is 137 Å². The van der Waals surface area contributed by atoms with Crippen LogP contribution in [0, 0.1) is 0 Å². The monoisotopic (exact) mass is 379 g/mol. The number of halogens is 3. The highest BCUT2D eigenvalue weighted by atomic mass is 32.3. The summed E-state index contributed by atoms with van der Waals surface area (Å²) in [6.07, 6.45) is -3.98. The molecule has 0 bridgehead atoms. The third-order valence-electron chi connectivity index (χ3n) is 2.77. The van der Waals surface area contributed by atoms with Gasteiger partial charge in [-0.25, -0.2) is 4.21 Å². The van der Waals surface area contributed by atoms with Gasteiger partial charge in [0.2, 0.25) is 0 Å². The molecule has 0 aliphatic rings. The Kier molecular flexibility index (Phi) is 4.90. The third-order valence-corrected chi connectivity index (χ3v) is 6.74. The number of benzene rings is 2. The quantitative estimate of drug-likeness (QED) is 0.816. The lowest BCUT2D eigenvalue weighted by Crippen LogP contribution is -2.19. The first-order chi connectivity index (χ1) is 11.0. The maximum absolute atomic E-state index is 12.6. The van der Waals surface area contributed by atoms with Crippen molar-refractivity contribution in [2.24, 2.45) is 3.77 Å². The fraction of sp³-hybridized carbons (Fsp3) is 0.143. The first-order valence-corrected chi connectivity index (χ1v) is 9.76. The Bertz CT molecular complexity index is 947. The first-order valence-electron chi connectivity index (χ1n) is 6.39. The molecule has 1 unspecified atom stereocenters. The van der Waals surface area contributed by atoms with Crippen LogP contribution in [0.15, 0.2) is 68.2 Å². The molecule has 5 nitrogen and oxygen atoms in total. The van der Waals surface area contributed by atoms with Crippen molar-refractivity contribution in [2.75, 3.05) is 6.26 Å². The van der Waals surface area contributed by atoms with Crippen LogP contribution in [-0.4, -0.2) is 25.2 Å². The number of sulfonamides is 1. The molecule has 2 rings (SSSR count). The Hall–Kier alpha value is -2.07. The largest absolute Gasteiger partial charge is 0.573 e. The SMILES string of the molecule is CS(=O)(=NS(=O)(=O)c1ccccc1OC(F)(F)F)c1ccccc1. The van der Waals surface area contributed by atoms with Crippen molar-refractivity contribution < 1.29 is 30.5 Å². The highest BCUT2D eigenvalue weighted by molar-refractivity contribution is 8.03. The molecule has 0 radical (unpaired) electrons. The predicted molar refractivity (Wildman–Crippen MR) is 81.5 cm³/mol. The molecule has 0 aromatic heterocycles. The van der Waals surface area contributed by atoms with Crippen LogP contribution in [0.1, 0.15) is 0 Å². The molecule has 0 amide bonds. The molecule has 0 saturated heterocycles. The summed E-state index contributed by atoms with van der Waals surface area (Å²) in [5, 5.41) is 0. The first kappa shape index (κ1) is 18.3. The Morgan fingerprint density at radius 1 is 0.917 bits per heavy atom. The molecular formula is C14H12F3NO4S2. The number of para-hydroxylation sites is 1. The summed E-state index contributed by atoms with van der Waals surface area (Å²) < 4.78 is 81.5. The summed E-state index contributed by atoms with van der Waals surface area (Å²) in [5.74, 6) is -0.933. The Morgan fingerprint density at radius 3 is 2.04 bits per heavy atom. The number of alkyl halides is 3. The van der Waals surface area contributed by atoms with E-state index in [4.69, 9.17) is 0 Å². The minimum absolute atomic E-state index is 0.141. The summed E-state index contributed by atoms with van der Waals surface area (Å²) >= 11 is 0. The minimum atomic E-state index is -5.07. The summed E-state index contributed by atoms with van der Waals surface area (Å²) in [5.41, 5.74) is 0. The van der Waals surface area contributed by atoms with Gasteiger partial charge in [0.15, 0.2) is 0 Å². The van der Waals surface area contributed by atoms with Crippen LogP contribution >= 0.6 is 0 Å². The van der Waals surface area contributed by atoms with Gasteiger partial charge in [-0.05, 0) is 24.3 Å². The van der Waals surface area contributed by atoms with Gasteiger partial charge in [-0.2, -0.15) is 8.42 Å². The molecule has 2 aromatic carbocycles. The van der Waals surface area contributed by atoms with Crippen molar-refractivity contribution in [3.63, 3.8) is 0 Å². The van der Waals surface area contributed by atoms with Gasteiger partial charge in [-0.15, -0.1) is 16.9 Å². The number of hydrogen-bond acceptors (Lipinski definition) is 4. The van der Waals surface area contributed by atoms with Crippen LogP contribution in [0.2, 0.25) is 0 Å². The van der Waals surface area contributed by atoms with Gasteiger partial charge in [-0.1, -0.05) is 30.3 Å². The fourth-order valence-electron chi connectivity index (χ4n) is 1.82. The highest BCUT2D eigenvalue weighted by Gasteiger charge is 2.34. The van der Waals surface area contributed by atoms with E-state index < -0.39 is 36.8 Å². The maximum atomic E-state index is 12.6. The van der Waals surface area contributed by atoms with Crippen molar-refractivity contribution in [1.29, 1.82) is 0 Å². The second-order valence-electron chi connectivity index (χ2n) is 4.66. The van der Waals surface area contributed by atoms with E-state index in [1.807, 2.05) is 0 Å². The molecule has 0 aliphatic carbocycles. The van der Waals surface area contributed by atoms with Crippen LogP contribution in [0.5, 0.6) is 5.75 Å². The minimum Gasteiger partial charge on any atom is -0.404 e. The molecule has 10 heteroatoms. The lowest BCUT2D eigenvalue weighted by molar-refractivity contribution is -0.275. The molecule has 0 fully saturated rings. The van der Waals surface area contributed by atoms with Crippen molar-refractivity contribution in [3.8, 4) is 5.75 Å². The lowest BCUT2D eigenvalue weighted by Gasteiger charge is -2.12. The summed E-state index contributed by atoms with van der Waals surface area (Å²) in [6, 6.07) is 11.7. The van der Waals surface area contributed by atoms with Gasteiger partial charge in [0, 0.05) is 11.2 Å². The summed E-state index contributed by atoms with van der Waals surface area (Å²) in [6.45, 7) is 0. The Balaban J connectivity index is 2.57. The molecule has 0 spiro atoms. The number of rotatable bonds is 4. The van der Waals surface area contributed by atoms with Gasteiger partial charge in [0.1, 0.15) is 10.6 Å². The average molecular weight is 379 g/mol. The van der Waals surface area contributed by atoms with Gasteiger partial charge in [-0.3, -0.25) is 0 Å². The summed E-state index contributed by atoms with van der Waals surface area (Å²) in [7, 11) is -8.02. The molecule has 1 atom stereocenters. The lowest BCUT2D eigenvalue weighted by atomic mass is 10.3. The molecule has 24 heavy (non-hydrogen) atoms. The van der Waals surface area contributed by atoms with Gasteiger partial charge in [0.25, 0.3) is 10.0 Å². The molecule has 0 N–H and O–H groups in total. The second kappa shape index (κ2) is 6.44.